The Labute approximate surface area is 145 Å². The van der Waals surface area contributed by atoms with Gasteiger partial charge in [0.05, 0.1) is 32.1 Å². The molecule has 3 heterocycles. The van der Waals surface area contributed by atoms with Crippen molar-refractivity contribution in [2.75, 3.05) is 26.4 Å². The largest absolute Gasteiger partial charge is 0.491 e. The molecule has 6 heteroatoms. The van der Waals surface area contributed by atoms with Crippen molar-refractivity contribution >= 4 is 0 Å². The fourth-order valence-corrected chi connectivity index (χ4v) is 3.37. The maximum absolute atomic E-state index is 12.5. The van der Waals surface area contributed by atoms with Crippen molar-refractivity contribution in [1.82, 2.24) is 4.57 Å². The van der Waals surface area contributed by atoms with E-state index in [0.29, 0.717) is 38.7 Å². The standard InChI is InChI=1S/C19H21NO5/c21-10-13-1-2-17-14(7-13)3-4-20-18(17)8-15(9-19(20)22)25-12-16-11-23-5-6-24-16/h1-2,7-9,16,21H,3-6,10-12H2/t16-/m0/s1. The lowest BCUT2D eigenvalue weighted by molar-refractivity contribution is -0.101. The highest BCUT2D eigenvalue weighted by atomic mass is 16.6. The number of aromatic nitrogens is 1. The van der Waals surface area contributed by atoms with Crippen LogP contribution in [0.2, 0.25) is 0 Å². The van der Waals surface area contributed by atoms with Gasteiger partial charge in [-0.05, 0) is 17.5 Å². The van der Waals surface area contributed by atoms with E-state index in [2.05, 4.69) is 0 Å². The molecule has 2 aliphatic heterocycles. The molecule has 0 amide bonds. The minimum atomic E-state index is -0.105. The second kappa shape index (κ2) is 7.00. The summed E-state index contributed by atoms with van der Waals surface area (Å²) in [6.45, 7) is 2.71. The molecular formula is C19H21NO5. The highest BCUT2D eigenvalue weighted by Gasteiger charge is 2.20. The normalized spacial score (nSPS) is 19.2. The van der Waals surface area contributed by atoms with Crippen LogP contribution in [0.5, 0.6) is 5.75 Å². The number of benzene rings is 1. The molecule has 1 aromatic carbocycles. The molecule has 132 valence electrons. The summed E-state index contributed by atoms with van der Waals surface area (Å²) >= 11 is 0. The molecule has 1 aromatic heterocycles. The van der Waals surface area contributed by atoms with E-state index in [9.17, 15) is 9.90 Å². The van der Waals surface area contributed by atoms with Gasteiger partial charge in [-0.2, -0.15) is 0 Å². The lowest BCUT2D eigenvalue weighted by Gasteiger charge is -2.25. The first-order chi connectivity index (χ1) is 12.2. The monoisotopic (exact) mass is 343 g/mol. The molecule has 0 aliphatic carbocycles. The molecule has 1 atom stereocenters. The highest BCUT2D eigenvalue weighted by molar-refractivity contribution is 5.67. The van der Waals surface area contributed by atoms with Crippen LogP contribution >= 0.6 is 0 Å². The zero-order chi connectivity index (χ0) is 17.2. The van der Waals surface area contributed by atoms with E-state index in [1.54, 1.807) is 4.57 Å². The van der Waals surface area contributed by atoms with Crippen molar-refractivity contribution in [2.24, 2.45) is 0 Å². The van der Waals surface area contributed by atoms with Crippen molar-refractivity contribution in [2.45, 2.75) is 25.7 Å². The van der Waals surface area contributed by atoms with Gasteiger partial charge < -0.3 is 23.9 Å². The smallest absolute Gasteiger partial charge is 0.254 e. The fraction of sp³-hybridized carbons (Fsp3) is 0.421. The Morgan fingerprint density at radius 1 is 1.24 bits per heavy atom. The summed E-state index contributed by atoms with van der Waals surface area (Å²) in [5.74, 6) is 0.546. The Kier molecular flexibility index (Phi) is 4.57. The van der Waals surface area contributed by atoms with Crippen LogP contribution in [0.4, 0.5) is 0 Å². The van der Waals surface area contributed by atoms with Crippen molar-refractivity contribution in [3.05, 3.63) is 51.8 Å². The van der Waals surface area contributed by atoms with Gasteiger partial charge in [0.1, 0.15) is 18.5 Å². The molecule has 0 spiro atoms. The van der Waals surface area contributed by atoms with Crippen LogP contribution in [0.25, 0.3) is 11.3 Å². The Morgan fingerprint density at radius 3 is 2.96 bits per heavy atom. The molecule has 1 N–H and O–H groups in total. The first-order valence-corrected chi connectivity index (χ1v) is 8.54. The number of aliphatic hydroxyl groups is 1. The van der Waals surface area contributed by atoms with Crippen LogP contribution in [0.15, 0.2) is 35.1 Å². The number of ether oxygens (including phenoxy) is 3. The predicted octanol–water partition coefficient (Wildman–Crippen LogP) is 1.36. The van der Waals surface area contributed by atoms with E-state index in [0.717, 1.165) is 28.8 Å². The van der Waals surface area contributed by atoms with E-state index in [-0.39, 0.29) is 18.3 Å². The van der Waals surface area contributed by atoms with Gasteiger partial charge in [-0.3, -0.25) is 4.79 Å². The summed E-state index contributed by atoms with van der Waals surface area (Å²) in [5.41, 5.74) is 3.84. The molecule has 2 aromatic rings. The zero-order valence-corrected chi connectivity index (χ0v) is 13.9. The van der Waals surface area contributed by atoms with Gasteiger partial charge in [0.2, 0.25) is 0 Å². The molecule has 0 saturated carbocycles. The Morgan fingerprint density at radius 2 is 2.16 bits per heavy atom. The third-order valence-corrected chi connectivity index (χ3v) is 4.66. The third-order valence-electron chi connectivity index (χ3n) is 4.66. The molecule has 1 saturated heterocycles. The highest BCUT2D eigenvalue weighted by Crippen LogP contribution is 2.31. The lowest BCUT2D eigenvalue weighted by Crippen LogP contribution is -2.33. The van der Waals surface area contributed by atoms with E-state index in [1.165, 1.54) is 6.07 Å². The minimum Gasteiger partial charge on any atom is -0.491 e. The summed E-state index contributed by atoms with van der Waals surface area (Å²) in [6.07, 6.45) is 0.677. The maximum Gasteiger partial charge on any atom is 0.254 e. The Hall–Kier alpha value is -2.15. The first kappa shape index (κ1) is 16.3. The van der Waals surface area contributed by atoms with E-state index in [4.69, 9.17) is 14.2 Å². The number of pyridine rings is 1. The molecule has 2 aliphatic rings. The van der Waals surface area contributed by atoms with Crippen LogP contribution in [0.1, 0.15) is 11.1 Å². The van der Waals surface area contributed by atoms with Gasteiger partial charge in [0, 0.05) is 24.2 Å². The van der Waals surface area contributed by atoms with Gasteiger partial charge in [0.25, 0.3) is 5.56 Å². The molecule has 1 fully saturated rings. The van der Waals surface area contributed by atoms with Crippen LogP contribution in [-0.2, 0) is 29.0 Å². The van der Waals surface area contributed by atoms with Crippen molar-refractivity contribution < 1.29 is 19.3 Å². The number of aliphatic hydroxyl groups excluding tert-OH is 1. The quantitative estimate of drug-likeness (QED) is 0.908. The summed E-state index contributed by atoms with van der Waals surface area (Å²) in [4.78, 5) is 12.5. The van der Waals surface area contributed by atoms with Crippen molar-refractivity contribution in [3.8, 4) is 17.0 Å². The van der Waals surface area contributed by atoms with Crippen LogP contribution < -0.4 is 10.3 Å². The zero-order valence-electron chi connectivity index (χ0n) is 13.9. The number of fused-ring (bicyclic) bond motifs is 3. The van der Waals surface area contributed by atoms with Crippen molar-refractivity contribution in [1.29, 1.82) is 0 Å². The molecule has 0 bridgehead atoms. The van der Waals surface area contributed by atoms with Crippen LogP contribution in [0, 0.1) is 0 Å². The fourth-order valence-electron chi connectivity index (χ4n) is 3.37. The first-order valence-electron chi connectivity index (χ1n) is 8.54. The van der Waals surface area contributed by atoms with Crippen LogP contribution in [-0.4, -0.2) is 42.2 Å². The lowest BCUT2D eigenvalue weighted by atomic mass is 9.95. The number of aryl methyl sites for hydroxylation is 1. The molecule has 0 radical (unpaired) electrons. The number of rotatable bonds is 4. The third kappa shape index (κ3) is 3.33. The van der Waals surface area contributed by atoms with E-state index in [1.807, 2.05) is 24.3 Å². The van der Waals surface area contributed by atoms with Gasteiger partial charge >= 0.3 is 0 Å². The predicted molar refractivity (Wildman–Crippen MR) is 91.8 cm³/mol. The Balaban J connectivity index is 1.61. The molecule has 4 rings (SSSR count). The number of hydrogen-bond acceptors (Lipinski definition) is 5. The van der Waals surface area contributed by atoms with Gasteiger partial charge in [-0.25, -0.2) is 0 Å². The summed E-state index contributed by atoms with van der Waals surface area (Å²) < 4.78 is 18.5. The topological polar surface area (TPSA) is 69.9 Å². The summed E-state index contributed by atoms with van der Waals surface area (Å²) in [5, 5.41) is 9.32. The molecule has 25 heavy (non-hydrogen) atoms. The minimum absolute atomic E-state index is 0.0205. The maximum atomic E-state index is 12.5. The van der Waals surface area contributed by atoms with Gasteiger partial charge in [-0.1, -0.05) is 18.2 Å². The Bertz CT molecular complexity index is 823. The van der Waals surface area contributed by atoms with Crippen LogP contribution in [0.3, 0.4) is 0 Å². The van der Waals surface area contributed by atoms with Gasteiger partial charge in [0.15, 0.2) is 0 Å². The molecule has 6 nitrogen and oxygen atoms in total. The molecular weight excluding hydrogens is 322 g/mol. The van der Waals surface area contributed by atoms with Crippen molar-refractivity contribution in [3.63, 3.8) is 0 Å². The SMILES string of the molecule is O=c1cc(OC[C@@H]2COCCO2)cc2n1CCc1cc(CO)ccc1-2. The second-order valence-electron chi connectivity index (χ2n) is 6.34. The average molecular weight is 343 g/mol. The number of nitrogens with zero attached hydrogens (tertiary/aromatic N) is 1. The van der Waals surface area contributed by atoms with E-state index < -0.39 is 0 Å². The van der Waals surface area contributed by atoms with Gasteiger partial charge in [-0.15, -0.1) is 0 Å². The molecule has 0 unspecified atom stereocenters. The average Bonchev–Trinajstić information content (AvgIpc) is 2.66. The summed E-state index contributed by atoms with van der Waals surface area (Å²) in [6, 6.07) is 9.29. The van der Waals surface area contributed by atoms with E-state index >= 15 is 0 Å². The summed E-state index contributed by atoms with van der Waals surface area (Å²) in [7, 11) is 0. The number of hydrogen-bond donors (Lipinski definition) is 1. The second-order valence-corrected chi connectivity index (χ2v) is 6.34.